The van der Waals surface area contributed by atoms with Gasteiger partial charge < -0.3 is 15.1 Å². The number of benzene rings is 1. The maximum atomic E-state index is 12.8. The van der Waals surface area contributed by atoms with Crippen LogP contribution in [0.15, 0.2) is 41.0 Å². The average molecular weight is 298 g/mol. The fourth-order valence-electron chi connectivity index (χ4n) is 3.08. The summed E-state index contributed by atoms with van der Waals surface area (Å²) in [7, 11) is 0. The van der Waals surface area contributed by atoms with Gasteiger partial charge in [-0.05, 0) is 37.8 Å². The first kappa shape index (κ1) is 14.9. The molecule has 0 aliphatic carbocycles. The Bertz CT molecular complexity index is 645. The van der Waals surface area contributed by atoms with Crippen LogP contribution in [0, 0.1) is 6.92 Å². The quantitative estimate of drug-likeness (QED) is 0.944. The van der Waals surface area contributed by atoms with Gasteiger partial charge in [-0.25, -0.2) is 0 Å². The molecule has 1 amide bonds. The highest BCUT2D eigenvalue weighted by atomic mass is 16.3. The summed E-state index contributed by atoms with van der Waals surface area (Å²) < 4.78 is 5.31. The minimum atomic E-state index is 0.0359. The number of amides is 1. The van der Waals surface area contributed by atoms with Crippen LogP contribution in [0.2, 0.25) is 0 Å². The first-order valence-corrected chi connectivity index (χ1v) is 7.84. The highest BCUT2D eigenvalue weighted by molar-refractivity contribution is 5.94. The largest absolute Gasteiger partial charge is 0.467 e. The minimum absolute atomic E-state index is 0.0359. The number of carbonyl (C=O) groups is 1. The third-order valence-corrected chi connectivity index (χ3v) is 4.33. The average Bonchev–Trinajstić information content (AvgIpc) is 3.04. The summed E-state index contributed by atoms with van der Waals surface area (Å²) in [5.74, 6) is 0.681. The molecule has 0 radical (unpaired) electrons. The van der Waals surface area contributed by atoms with E-state index < -0.39 is 0 Å². The van der Waals surface area contributed by atoms with E-state index >= 15 is 0 Å². The molecule has 2 heterocycles. The van der Waals surface area contributed by atoms with Crippen LogP contribution in [0.3, 0.4) is 0 Å². The Morgan fingerprint density at radius 2 is 2.09 bits per heavy atom. The number of nitrogens with zero attached hydrogens (tertiary/aromatic N) is 1. The second-order valence-corrected chi connectivity index (χ2v) is 5.93. The zero-order chi connectivity index (χ0) is 15.5. The van der Waals surface area contributed by atoms with Crippen molar-refractivity contribution >= 4 is 5.91 Å². The number of furan rings is 1. The summed E-state index contributed by atoms with van der Waals surface area (Å²) in [5, 5.41) is 0. The highest BCUT2D eigenvalue weighted by Crippen LogP contribution is 2.32. The van der Waals surface area contributed by atoms with E-state index in [2.05, 4.69) is 31.2 Å². The minimum Gasteiger partial charge on any atom is -0.467 e. The molecule has 0 spiro atoms. The molecule has 2 aromatic rings. The number of piperidine rings is 1. The molecule has 1 unspecified atom stereocenters. The van der Waals surface area contributed by atoms with Gasteiger partial charge in [-0.15, -0.1) is 0 Å². The van der Waals surface area contributed by atoms with E-state index in [-0.39, 0.29) is 11.9 Å². The first-order chi connectivity index (χ1) is 10.7. The molecule has 1 aliphatic rings. The molecule has 4 heteroatoms. The van der Waals surface area contributed by atoms with E-state index in [9.17, 15) is 4.79 Å². The number of hydrogen-bond acceptors (Lipinski definition) is 3. The van der Waals surface area contributed by atoms with E-state index in [1.165, 1.54) is 17.4 Å². The summed E-state index contributed by atoms with van der Waals surface area (Å²) in [6.45, 7) is 3.18. The van der Waals surface area contributed by atoms with E-state index in [0.29, 0.717) is 17.9 Å². The van der Waals surface area contributed by atoms with Crippen LogP contribution in [0.1, 0.15) is 52.5 Å². The van der Waals surface area contributed by atoms with Gasteiger partial charge in [0.1, 0.15) is 12.0 Å². The van der Waals surface area contributed by atoms with Gasteiger partial charge >= 0.3 is 0 Å². The number of carbonyl (C=O) groups excluding carboxylic acids is 1. The number of rotatable bonds is 3. The Labute approximate surface area is 130 Å². The van der Waals surface area contributed by atoms with Gasteiger partial charge in [0.15, 0.2) is 0 Å². The van der Waals surface area contributed by atoms with E-state index in [1.54, 1.807) is 6.07 Å². The SMILES string of the molecule is Cc1ccc(C2CCCCN2C(=O)c2coc(CN)c2)cc1. The standard InChI is InChI=1S/C18H22N2O2/c1-13-5-7-14(8-6-13)17-4-2-3-9-20(17)18(21)15-10-16(11-19)22-12-15/h5-8,10,12,17H,2-4,9,11,19H2,1H3. The summed E-state index contributed by atoms with van der Waals surface area (Å²) >= 11 is 0. The van der Waals surface area contributed by atoms with Crippen LogP contribution in [-0.2, 0) is 6.54 Å². The monoisotopic (exact) mass is 298 g/mol. The van der Waals surface area contributed by atoms with Crippen molar-refractivity contribution in [2.75, 3.05) is 6.54 Å². The van der Waals surface area contributed by atoms with Crippen LogP contribution in [0.5, 0.6) is 0 Å². The number of hydrogen-bond donors (Lipinski definition) is 1. The summed E-state index contributed by atoms with van der Waals surface area (Å²) in [6.07, 6.45) is 4.74. The van der Waals surface area contributed by atoms with Crippen LogP contribution in [0.25, 0.3) is 0 Å². The number of aryl methyl sites for hydroxylation is 1. The second kappa shape index (κ2) is 6.36. The fourth-order valence-corrected chi connectivity index (χ4v) is 3.08. The lowest BCUT2D eigenvalue weighted by molar-refractivity contribution is 0.0611. The summed E-state index contributed by atoms with van der Waals surface area (Å²) in [4.78, 5) is 14.8. The first-order valence-electron chi connectivity index (χ1n) is 7.84. The van der Waals surface area contributed by atoms with Gasteiger partial charge in [0.25, 0.3) is 5.91 Å². The fraction of sp³-hybridized carbons (Fsp3) is 0.389. The normalized spacial score (nSPS) is 18.5. The maximum Gasteiger partial charge on any atom is 0.257 e. The molecule has 1 aromatic carbocycles. The summed E-state index contributed by atoms with van der Waals surface area (Å²) in [5.41, 5.74) is 8.60. The van der Waals surface area contributed by atoms with E-state index in [4.69, 9.17) is 10.2 Å². The third-order valence-electron chi connectivity index (χ3n) is 4.33. The van der Waals surface area contributed by atoms with Crippen LogP contribution >= 0.6 is 0 Å². The van der Waals surface area contributed by atoms with Crippen molar-refractivity contribution in [3.05, 3.63) is 59.0 Å². The lowest BCUT2D eigenvalue weighted by Crippen LogP contribution is -2.38. The topological polar surface area (TPSA) is 59.5 Å². The van der Waals surface area contributed by atoms with Crippen molar-refractivity contribution in [2.45, 2.75) is 38.8 Å². The van der Waals surface area contributed by atoms with Crippen molar-refractivity contribution in [3.63, 3.8) is 0 Å². The molecule has 22 heavy (non-hydrogen) atoms. The molecule has 2 N–H and O–H groups in total. The van der Waals surface area contributed by atoms with Gasteiger partial charge in [-0.1, -0.05) is 29.8 Å². The molecule has 4 nitrogen and oxygen atoms in total. The van der Waals surface area contributed by atoms with Crippen LogP contribution in [-0.4, -0.2) is 17.4 Å². The molecule has 116 valence electrons. The Hall–Kier alpha value is -2.07. The molecule has 1 aromatic heterocycles. The molecule has 1 aliphatic heterocycles. The molecular weight excluding hydrogens is 276 g/mol. The van der Waals surface area contributed by atoms with Gasteiger partial charge in [-0.3, -0.25) is 4.79 Å². The predicted molar refractivity (Wildman–Crippen MR) is 85.4 cm³/mol. The molecule has 3 rings (SSSR count). The highest BCUT2D eigenvalue weighted by Gasteiger charge is 2.29. The second-order valence-electron chi connectivity index (χ2n) is 5.93. The third kappa shape index (κ3) is 2.92. The number of nitrogens with two attached hydrogens (primary N) is 1. The van der Waals surface area contributed by atoms with Crippen molar-refractivity contribution in [2.24, 2.45) is 5.73 Å². The molecule has 1 fully saturated rings. The molecule has 0 bridgehead atoms. The lowest BCUT2D eigenvalue weighted by Gasteiger charge is -2.36. The molecule has 1 saturated heterocycles. The van der Waals surface area contributed by atoms with E-state index in [1.807, 2.05) is 4.90 Å². The lowest BCUT2D eigenvalue weighted by atomic mass is 9.94. The van der Waals surface area contributed by atoms with Crippen LogP contribution < -0.4 is 5.73 Å². The molecule has 0 saturated carbocycles. The Kier molecular flexibility index (Phi) is 4.29. The molecular formula is C18H22N2O2. The Balaban J connectivity index is 1.85. The van der Waals surface area contributed by atoms with Crippen molar-refractivity contribution < 1.29 is 9.21 Å². The zero-order valence-corrected chi connectivity index (χ0v) is 12.9. The van der Waals surface area contributed by atoms with Gasteiger partial charge in [0.05, 0.1) is 18.2 Å². The van der Waals surface area contributed by atoms with Crippen molar-refractivity contribution in [1.82, 2.24) is 4.90 Å². The van der Waals surface area contributed by atoms with Crippen LogP contribution in [0.4, 0.5) is 0 Å². The van der Waals surface area contributed by atoms with E-state index in [0.717, 1.165) is 25.8 Å². The van der Waals surface area contributed by atoms with Gasteiger partial charge in [0, 0.05) is 6.54 Å². The van der Waals surface area contributed by atoms with Crippen molar-refractivity contribution in [1.29, 1.82) is 0 Å². The van der Waals surface area contributed by atoms with Gasteiger partial charge in [-0.2, -0.15) is 0 Å². The zero-order valence-electron chi connectivity index (χ0n) is 12.9. The Morgan fingerprint density at radius 1 is 1.32 bits per heavy atom. The van der Waals surface area contributed by atoms with Crippen molar-refractivity contribution in [3.8, 4) is 0 Å². The smallest absolute Gasteiger partial charge is 0.257 e. The summed E-state index contributed by atoms with van der Waals surface area (Å²) in [6, 6.07) is 10.4. The Morgan fingerprint density at radius 3 is 2.77 bits per heavy atom. The number of likely N-dealkylation sites (tertiary alicyclic amines) is 1. The van der Waals surface area contributed by atoms with Gasteiger partial charge in [0.2, 0.25) is 0 Å². The molecule has 1 atom stereocenters. The maximum absolute atomic E-state index is 12.8. The predicted octanol–water partition coefficient (Wildman–Crippen LogP) is 3.41.